The molecular weight excluding hydrogens is 326 g/mol. The molecule has 0 spiro atoms. The molecule has 3 amide bonds. The Labute approximate surface area is 143 Å². The average Bonchev–Trinajstić information content (AvgIpc) is 3.11. The van der Waals surface area contributed by atoms with Crippen molar-refractivity contribution < 1.29 is 9.59 Å². The number of nitrogens with one attached hydrogen (secondary N) is 2. The number of hydrogen-bond acceptors (Lipinski definition) is 2. The first-order chi connectivity index (χ1) is 11.6. The van der Waals surface area contributed by atoms with Crippen molar-refractivity contribution in [1.82, 2.24) is 10.3 Å². The quantitative estimate of drug-likeness (QED) is 0.717. The Morgan fingerprint density at radius 1 is 1.04 bits per heavy atom. The number of para-hydroxylation sites is 2. The molecule has 0 bridgehead atoms. The third-order valence-corrected chi connectivity index (χ3v) is 4.53. The molecule has 24 heavy (non-hydrogen) atoms. The number of hydrogen-bond donors (Lipinski definition) is 2. The largest absolute Gasteiger partial charge is 0.361 e. The van der Waals surface area contributed by atoms with Gasteiger partial charge >= 0.3 is 6.03 Å². The van der Waals surface area contributed by atoms with Crippen molar-refractivity contribution in [3.8, 4) is 0 Å². The predicted molar refractivity (Wildman–Crippen MR) is 93.3 cm³/mol. The second-order valence-electron chi connectivity index (χ2n) is 5.69. The number of halogens is 1. The van der Waals surface area contributed by atoms with Crippen LogP contribution in [0.5, 0.6) is 0 Å². The molecular formula is C18H14ClN3O2. The van der Waals surface area contributed by atoms with Gasteiger partial charge in [0, 0.05) is 23.5 Å². The minimum absolute atomic E-state index is 0.293. The second kappa shape index (κ2) is 5.69. The molecule has 1 saturated heterocycles. The summed E-state index contributed by atoms with van der Waals surface area (Å²) in [4.78, 5) is 29.3. The number of urea groups is 1. The Morgan fingerprint density at radius 3 is 2.62 bits per heavy atom. The van der Waals surface area contributed by atoms with Crippen LogP contribution in [0.3, 0.4) is 0 Å². The number of rotatable bonds is 3. The van der Waals surface area contributed by atoms with Gasteiger partial charge in [0.2, 0.25) is 0 Å². The van der Waals surface area contributed by atoms with Gasteiger partial charge in [-0.3, -0.25) is 4.79 Å². The van der Waals surface area contributed by atoms with Crippen molar-refractivity contribution in [3.63, 3.8) is 0 Å². The summed E-state index contributed by atoms with van der Waals surface area (Å²) < 4.78 is 0. The van der Waals surface area contributed by atoms with E-state index in [4.69, 9.17) is 11.6 Å². The fourth-order valence-electron chi connectivity index (χ4n) is 3.05. The topological polar surface area (TPSA) is 65.2 Å². The van der Waals surface area contributed by atoms with Crippen LogP contribution in [0.2, 0.25) is 5.02 Å². The van der Waals surface area contributed by atoms with Crippen LogP contribution in [0.25, 0.3) is 10.9 Å². The van der Waals surface area contributed by atoms with Gasteiger partial charge in [-0.15, -0.1) is 0 Å². The first-order valence-electron chi connectivity index (χ1n) is 7.59. The van der Waals surface area contributed by atoms with Gasteiger partial charge < -0.3 is 10.3 Å². The molecule has 0 aliphatic carbocycles. The molecule has 1 aliphatic rings. The van der Waals surface area contributed by atoms with Gasteiger partial charge in [0.1, 0.15) is 6.04 Å². The van der Waals surface area contributed by atoms with E-state index in [1.165, 1.54) is 0 Å². The average molecular weight is 340 g/mol. The SMILES string of the molecule is O=C1N[C@@H](Cc2c[nH]c3ccccc23)C(=O)N1c1ccccc1Cl. The van der Waals surface area contributed by atoms with E-state index in [1.807, 2.05) is 30.5 Å². The molecule has 5 nitrogen and oxygen atoms in total. The maximum absolute atomic E-state index is 12.7. The molecule has 0 unspecified atom stereocenters. The van der Waals surface area contributed by atoms with Crippen LogP contribution in [0.15, 0.2) is 54.7 Å². The minimum Gasteiger partial charge on any atom is -0.361 e. The van der Waals surface area contributed by atoms with E-state index in [-0.39, 0.29) is 5.91 Å². The summed E-state index contributed by atoms with van der Waals surface area (Å²) in [5.41, 5.74) is 2.40. The number of fused-ring (bicyclic) bond motifs is 1. The van der Waals surface area contributed by atoms with Crippen LogP contribution in [0.1, 0.15) is 5.56 Å². The number of benzene rings is 2. The number of carbonyl (C=O) groups excluding carboxylic acids is 2. The highest BCUT2D eigenvalue weighted by atomic mass is 35.5. The Morgan fingerprint density at radius 2 is 1.79 bits per heavy atom. The van der Waals surface area contributed by atoms with Crippen molar-refractivity contribution in [1.29, 1.82) is 0 Å². The number of amides is 3. The van der Waals surface area contributed by atoms with Crippen LogP contribution in [0, 0.1) is 0 Å². The Bertz CT molecular complexity index is 950. The molecule has 1 aliphatic heterocycles. The third kappa shape index (κ3) is 2.34. The summed E-state index contributed by atoms with van der Waals surface area (Å²) in [5, 5.41) is 4.17. The van der Waals surface area contributed by atoms with Gasteiger partial charge in [-0.25, -0.2) is 9.69 Å². The normalized spacial score (nSPS) is 17.5. The van der Waals surface area contributed by atoms with Crippen LogP contribution >= 0.6 is 11.6 Å². The first-order valence-corrected chi connectivity index (χ1v) is 7.97. The number of nitrogens with zero attached hydrogens (tertiary/aromatic N) is 1. The van der Waals surface area contributed by atoms with Crippen molar-refractivity contribution in [3.05, 3.63) is 65.3 Å². The molecule has 120 valence electrons. The monoisotopic (exact) mass is 339 g/mol. The third-order valence-electron chi connectivity index (χ3n) is 4.21. The molecule has 2 heterocycles. The predicted octanol–water partition coefficient (Wildman–Crippen LogP) is 3.49. The zero-order chi connectivity index (χ0) is 16.7. The maximum Gasteiger partial charge on any atom is 0.329 e. The summed E-state index contributed by atoms with van der Waals surface area (Å²) >= 11 is 6.12. The van der Waals surface area contributed by atoms with Gasteiger partial charge in [-0.2, -0.15) is 0 Å². The molecule has 1 aromatic heterocycles. The summed E-state index contributed by atoms with van der Waals surface area (Å²) in [6.45, 7) is 0. The number of aromatic nitrogens is 1. The van der Waals surface area contributed by atoms with E-state index in [0.717, 1.165) is 21.4 Å². The molecule has 2 N–H and O–H groups in total. The zero-order valence-electron chi connectivity index (χ0n) is 12.6. The van der Waals surface area contributed by atoms with E-state index in [0.29, 0.717) is 17.1 Å². The van der Waals surface area contributed by atoms with Crippen molar-refractivity contribution in [2.24, 2.45) is 0 Å². The Hall–Kier alpha value is -2.79. The number of aromatic amines is 1. The highest BCUT2D eigenvalue weighted by Crippen LogP contribution is 2.29. The first kappa shape index (κ1) is 14.8. The van der Waals surface area contributed by atoms with Gasteiger partial charge in [-0.1, -0.05) is 41.9 Å². The lowest BCUT2D eigenvalue weighted by atomic mass is 10.0. The summed E-state index contributed by atoms with van der Waals surface area (Å²) in [7, 11) is 0. The van der Waals surface area contributed by atoms with E-state index in [2.05, 4.69) is 10.3 Å². The molecule has 4 rings (SSSR count). The van der Waals surface area contributed by atoms with Crippen molar-refractivity contribution >= 4 is 40.1 Å². The zero-order valence-corrected chi connectivity index (χ0v) is 13.4. The highest BCUT2D eigenvalue weighted by molar-refractivity contribution is 6.35. The standard InChI is InChI=1S/C18H14ClN3O2/c19-13-6-2-4-8-16(13)22-17(23)15(21-18(22)24)9-11-10-20-14-7-3-1-5-12(11)14/h1-8,10,15,20H,9H2,(H,21,24)/t15-/m0/s1. The molecule has 0 radical (unpaired) electrons. The molecule has 1 atom stereocenters. The van der Waals surface area contributed by atoms with Crippen molar-refractivity contribution in [2.75, 3.05) is 4.90 Å². The lowest BCUT2D eigenvalue weighted by Crippen LogP contribution is -2.32. The van der Waals surface area contributed by atoms with Gasteiger partial charge in [0.15, 0.2) is 0 Å². The lowest BCUT2D eigenvalue weighted by molar-refractivity contribution is -0.118. The molecule has 6 heteroatoms. The summed E-state index contributed by atoms with van der Waals surface area (Å²) in [5.74, 6) is -0.293. The number of H-pyrrole nitrogens is 1. The Kier molecular flexibility index (Phi) is 3.50. The van der Waals surface area contributed by atoms with Crippen LogP contribution < -0.4 is 10.2 Å². The lowest BCUT2D eigenvalue weighted by Gasteiger charge is -2.14. The molecule has 3 aromatic rings. The fraction of sp³-hybridized carbons (Fsp3) is 0.111. The fourth-order valence-corrected chi connectivity index (χ4v) is 3.27. The summed E-state index contributed by atoms with van der Waals surface area (Å²) in [6, 6.07) is 13.6. The molecule has 1 fully saturated rings. The van der Waals surface area contributed by atoms with Crippen LogP contribution in [0.4, 0.5) is 10.5 Å². The number of anilines is 1. The number of carbonyl (C=O) groups is 2. The van der Waals surface area contributed by atoms with E-state index in [1.54, 1.807) is 24.3 Å². The second-order valence-corrected chi connectivity index (χ2v) is 6.10. The van der Waals surface area contributed by atoms with E-state index >= 15 is 0 Å². The van der Waals surface area contributed by atoms with Crippen molar-refractivity contribution in [2.45, 2.75) is 12.5 Å². The minimum atomic E-state index is -0.604. The van der Waals surface area contributed by atoms with Crippen LogP contribution in [-0.4, -0.2) is 23.0 Å². The van der Waals surface area contributed by atoms with Gasteiger partial charge in [0.25, 0.3) is 5.91 Å². The van der Waals surface area contributed by atoms with E-state index < -0.39 is 12.1 Å². The maximum atomic E-state index is 12.7. The highest BCUT2D eigenvalue weighted by Gasteiger charge is 2.39. The summed E-state index contributed by atoms with van der Waals surface area (Å²) in [6.07, 6.45) is 2.30. The van der Waals surface area contributed by atoms with Gasteiger partial charge in [-0.05, 0) is 23.8 Å². The molecule has 2 aromatic carbocycles. The molecule has 0 saturated carbocycles. The smallest absolute Gasteiger partial charge is 0.329 e. The Balaban J connectivity index is 1.63. The van der Waals surface area contributed by atoms with Gasteiger partial charge in [0.05, 0.1) is 10.7 Å². The number of imide groups is 1. The van der Waals surface area contributed by atoms with Crippen LogP contribution in [-0.2, 0) is 11.2 Å². The van der Waals surface area contributed by atoms with E-state index in [9.17, 15) is 9.59 Å².